The molecule has 0 spiro atoms. The normalized spacial score (nSPS) is 12.4. The lowest BCUT2D eigenvalue weighted by atomic mass is 10.1. The molecule has 3 aromatic carbocycles. The third-order valence-electron chi connectivity index (χ3n) is 4.13. The molecule has 0 fully saturated rings. The molecule has 0 aromatic heterocycles. The zero-order valence-corrected chi connectivity index (χ0v) is 14.0. The fourth-order valence-electron chi connectivity index (χ4n) is 2.79. The maximum atomic E-state index is 12.3. The topological polar surface area (TPSA) is 91.1 Å². The van der Waals surface area contributed by atoms with E-state index < -0.39 is 11.8 Å². The lowest BCUT2D eigenvalue weighted by Crippen LogP contribution is -2.30. The maximum absolute atomic E-state index is 12.3. The number of para-hydroxylation sites is 1. The Morgan fingerprint density at radius 1 is 1.04 bits per heavy atom. The first-order valence-corrected chi connectivity index (χ1v) is 8.16. The monoisotopic (exact) mass is 355 g/mol. The van der Waals surface area contributed by atoms with Crippen molar-refractivity contribution >= 4 is 34.5 Å². The number of hydrazone groups is 1. The van der Waals surface area contributed by atoms with Crippen LogP contribution in [0.1, 0.15) is 10.4 Å². The third-order valence-corrected chi connectivity index (χ3v) is 4.13. The summed E-state index contributed by atoms with van der Waals surface area (Å²) < 4.78 is 0. The summed E-state index contributed by atoms with van der Waals surface area (Å²) in [7, 11) is 0. The first kappa shape index (κ1) is 16.4. The molecule has 0 saturated carbocycles. The Hall–Kier alpha value is -4.02. The number of rotatable bonds is 2. The number of nitrogens with one attached hydrogen (secondary N) is 1. The number of fused-ring (bicyclic) bond motifs is 2. The van der Waals surface area contributed by atoms with E-state index in [1.807, 2.05) is 36.4 Å². The van der Waals surface area contributed by atoms with Crippen LogP contribution < -0.4 is 16.0 Å². The van der Waals surface area contributed by atoms with Crippen LogP contribution in [0.5, 0.6) is 5.75 Å². The maximum Gasteiger partial charge on any atom is 0.287 e. The molecule has 6 nitrogen and oxygen atoms in total. The molecule has 1 heterocycles. The molecule has 3 aromatic rings. The Bertz CT molecular complexity index is 1290. The van der Waals surface area contributed by atoms with E-state index in [0.717, 1.165) is 16.0 Å². The van der Waals surface area contributed by atoms with Gasteiger partial charge >= 0.3 is 0 Å². The molecular formula is C21H13N3O3. The highest BCUT2D eigenvalue weighted by molar-refractivity contribution is 6.10. The molecule has 130 valence electrons. The van der Waals surface area contributed by atoms with Crippen LogP contribution in [0, 0.1) is 0 Å². The molecule has 0 saturated heterocycles. The van der Waals surface area contributed by atoms with Gasteiger partial charge in [-0.1, -0.05) is 42.5 Å². The van der Waals surface area contributed by atoms with Gasteiger partial charge in [-0.15, -0.1) is 5.10 Å². The number of phenolic OH excluding ortho intramolecular Hbond substituents is 1. The van der Waals surface area contributed by atoms with Crippen molar-refractivity contribution in [2.75, 3.05) is 0 Å². The second-order valence-corrected chi connectivity index (χ2v) is 5.91. The summed E-state index contributed by atoms with van der Waals surface area (Å²) in [5.41, 5.74) is 2.49. The van der Waals surface area contributed by atoms with Crippen molar-refractivity contribution in [1.82, 2.24) is 5.43 Å². The van der Waals surface area contributed by atoms with Crippen molar-refractivity contribution < 1.29 is 14.7 Å². The minimum Gasteiger partial charge on any atom is -0.507 e. The molecule has 2 amide bonds. The second-order valence-electron chi connectivity index (χ2n) is 5.91. The standard InChI is InChI=1S/C21H13N3O3/c25-19-11-14-6-2-1-5-13(14)10-17(19)21(27)24-22-12-16-9-15-7-3-4-8-18(15)23-20(16)26/h1-11,25H,(H,24,27). The van der Waals surface area contributed by atoms with E-state index in [0.29, 0.717) is 5.36 Å². The molecule has 0 unspecified atom stereocenters. The number of amides is 2. The summed E-state index contributed by atoms with van der Waals surface area (Å²) in [5.74, 6) is 1.25. The average Bonchev–Trinajstić information content (AvgIpc) is 2.67. The van der Waals surface area contributed by atoms with E-state index in [4.69, 9.17) is 0 Å². The average molecular weight is 355 g/mol. The van der Waals surface area contributed by atoms with Crippen molar-refractivity contribution in [2.45, 2.75) is 0 Å². The van der Waals surface area contributed by atoms with Gasteiger partial charge in [-0.3, -0.25) is 9.59 Å². The van der Waals surface area contributed by atoms with Crippen LogP contribution in [0.4, 0.5) is 0 Å². The fourth-order valence-corrected chi connectivity index (χ4v) is 2.79. The van der Waals surface area contributed by atoms with E-state index in [2.05, 4.69) is 21.4 Å². The van der Waals surface area contributed by atoms with Crippen LogP contribution in [0.25, 0.3) is 16.8 Å². The molecule has 1 aliphatic rings. The van der Waals surface area contributed by atoms with Crippen LogP contribution in [-0.4, -0.2) is 22.8 Å². The lowest BCUT2D eigenvalue weighted by molar-refractivity contribution is -0.114. The van der Waals surface area contributed by atoms with Gasteiger partial charge in [0.1, 0.15) is 11.3 Å². The van der Waals surface area contributed by atoms with Crippen LogP contribution in [0.2, 0.25) is 0 Å². The first-order valence-electron chi connectivity index (χ1n) is 8.16. The number of benzene rings is 3. The van der Waals surface area contributed by atoms with Crippen molar-refractivity contribution in [3.8, 4) is 5.75 Å². The smallest absolute Gasteiger partial charge is 0.287 e. The summed E-state index contributed by atoms with van der Waals surface area (Å²) in [4.78, 5) is 28.2. The molecule has 27 heavy (non-hydrogen) atoms. The summed E-state index contributed by atoms with van der Waals surface area (Å²) in [6, 6.07) is 17.6. The van der Waals surface area contributed by atoms with E-state index in [-0.39, 0.29) is 16.9 Å². The molecule has 4 rings (SSSR count). The van der Waals surface area contributed by atoms with Crippen LogP contribution in [0.15, 0.2) is 76.3 Å². The van der Waals surface area contributed by atoms with Gasteiger partial charge in [0.15, 0.2) is 0 Å². The van der Waals surface area contributed by atoms with E-state index in [9.17, 15) is 14.7 Å². The van der Waals surface area contributed by atoms with Crippen LogP contribution >= 0.6 is 0 Å². The number of hydrogen-bond acceptors (Lipinski definition) is 4. The lowest BCUT2D eigenvalue weighted by Gasteiger charge is -2.05. The molecule has 1 aliphatic heterocycles. The molecule has 0 aliphatic carbocycles. The number of phenols is 1. The molecular weight excluding hydrogens is 342 g/mol. The van der Waals surface area contributed by atoms with Gasteiger partial charge in [0.25, 0.3) is 11.8 Å². The molecule has 6 heteroatoms. The number of carbonyl (C=O) groups is 2. The van der Waals surface area contributed by atoms with Crippen molar-refractivity contribution in [1.29, 1.82) is 0 Å². The van der Waals surface area contributed by atoms with Crippen molar-refractivity contribution in [3.63, 3.8) is 0 Å². The fraction of sp³-hybridized carbons (Fsp3) is 0. The molecule has 0 bridgehead atoms. The minimum absolute atomic E-state index is 0.0817. The Kier molecular flexibility index (Phi) is 4.09. The Labute approximate surface area is 153 Å². The Morgan fingerprint density at radius 3 is 2.56 bits per heavy atom. The second kappa shape index (κ2) is 6.71. The highest BCUT2D eigenvalue weighted by Gasteiger charge is 2.12. The summed E-state index contributed by atoms with van der Waals surface area (Å²) >= 11 is 0. The number of carbonyl (C=O) groups excluding carboxylic acids is 2. The SMILES string of the molecule is O=C1N=c2ccccc2=CC1=C=NNC(=O)c1cc2ccccc2cc1O. The number of hydrogen-bond donors (Lipinski definition) is 2. The quantitative estimate of drug-likeness (QED) is 0.414. The minimum atomic E-state index is -0.605. The van der Waals surface area contributed by atoms with Gasteiger partial charge in [0.05, 0.1) is 10.9 Å². The Balaban J connectivity index is 1.63. The number of aromatic hydroxyl groups is 1. The van der Waals surface area contributed by atoms with E-state index in [1.165, 1.54) is 6.07 Å². The predicted octanol–water partition coefficient (Wildman–Crippen LogP) is 1.43. The highest BCUT2D eigenvalue weighted by atomic mass is 16.3. The molecule has 0 radical (unpaired) electrons. The van der Waals surface area contributed by atoms with Gasteiger partial charge < -0.3 is 5.11 Å². The first-order chi connectivity index (χ1) is 13.1. The van der Waals surface area contributed by atoms with Crippen molar-refractivity contribution in [3.05, 3.63) is 82.4 Å². The van der Waals surface area contributed by atoms with Crippen LogP contribution in [-0.2, 0) is 4.79 Å². The van der Waals surface area contributed by atoms with E-state index >= 15 is 0 Å². The van der Waals surface area contributed by atoms with Gasteiger partial charge in [-0.2, -0.15) is 0 Å². The van der Waals surface area contributed by atoms with Gasteiger partial charge in [0, 0.05) is 11.1 Å². The summed E-state index contributed by atoms with van der Waals surface area (Å²) in [6.07, 6.45) is 1.60. The third kappa shape index (κ3) is 3.25. The van der Waals surface area contributed by atoms with Crippen molar-refractivity contribution in [2.24, 2.45) is 10.1 Å². The molecule has 0 atom stereocenters. The largest absolute Gasteiger partial charge is 0.507 e. The van der Waals surface area contributed by atoms with Gasteiger partial charge in [-0.25, -0.2) is 10.4 Å². The van der Waals surface area contributed by atoms with Crippen LogP contribution in [0.3, 0.4) is 0 Å². The predicted molar refractivity (Wildman–Crippen MR) is 101 cm³/mol. The summed E-state index contributed by atoms with van der Waals surface area (Å²) in [6.45, 7) is 0. The van der Waals surface area contributed by atoms with Gasteiger partial charge in [-0.05, 0) is 35.0 Å². The summed E-state index contributed by atoms with van der Waals surface area (Å²) in [5, 5.41) is 16.8. The zero-order chi connectivity index (χ0) is 18.8. The molecule has 2 N–H and O–H groups in total. The zero-order valence-electron chi connectivity index (χ0n) is 14.0. The Morgan fingerprint density at radius 2 is 1.74 bits per heavy atom. The van der Waals surface area contributed by atoms with E-state index in [1.54, 1.807) is 24.3 Å². The highest BCUT2D eigenvalue weighted by Crippen LogP contribution is 2.24. The van der Waals surface area contributed by atoms with Gasteiger partial charge in [0.2, 0.25) is 0 Å². The number of nitrogens with zero attached hydrogens (tertiary/aromatic N) is 2.